The summed E-state index contributed by atoms with van der Waals surface area (Å²) < 4.78 is 19.3. The maximum Gasteiger partial charge on any atom is 0.309 e. The number of morpholine rings is 1. The molecule has 2 aliphatic heterocycles. The number of carboxylic acids is 1. The van der Waals surface area contributed by atoms with Crippen LogP contribution in [0.3, 0.4) is 0 Å². The summed E-state index contributed by atoms with van der Waals surface area (Å²) in [6, 6.07) is 0. The van der Waals surface area contributed by atoms with E-state index in [1.165, 1.54) is 0 Å². The molecule has 0 amide bonds. The maximum absolute atomic E-state index is 14.1. The summed E-state index contributed by atoms with van der Waals surface area (Å²) in [5.74, 6) is -1.26. The van der Waals surface area contributed by atoms with Crippen LogP contribution in [0.4, 0.5) is 16.2 Å². The predicted octanol–water partition coefficient (Wildman–Crippen LogP) is -0.437. The van der Waals surface area contributed by atoms with Crippen LogP contribution in [-0.4, -0.2) is 73.5 Å². The number of nitrogens with zero attached hydrogens (tertiary/aromatic N) is 4. The summed E-state index contributed by atoms with van der Waals surface area (Å²) >= 11 is 0. The molecule has 0 saturated carbocycles. The summed E-state index contributed by atoms with van der Waals surface area (Å²) in [7, 11) is 0. The third-order valence-corrected chi connectivity index (χ3v) is 4.05. The molecule has 0 aromatic carbocycles. The molecular weight excluding hydrogens is 305 g/mol. The lowest BCUT2D eigenvalue weighted by molar-refractivity contribution is -0.141. The molecule has 2 N–H and O–H groups in total. The van der Waals surface area contributed by atoms with Gasteiger partial charge in [0.2, 0.25) is 5.95 Å². The third-order valence-electron chi connectivity index (χ3n) is 4.05. The van der Waals surface area contributed by atoms with Gasteiger partial charge < -0.3 is 25.0 Å². The highest BCUT2D eigenvalue weighted by atomic mass is 19.1. The first kappa shape index (κ1) is 15.9. The van der Waals surface area contributed by atoms with E-state index in [9.17, 15) is 14.3 Å². The Morgan fingerprint density at radius 1 is 1.35 bits per heavy atom. The van der Waals surface area contributed by atoms with Gasteiger partial charge in [0.05, 0.1) is 25.3 Å². The number of rotatable bonds is 3. The fourth-order valence-electron chi connectivity index (χ4n) is 2.76. The van der Waals surface area contributed by atoms with Gasteiger partial charge in [-0.3, -0.25) is 4.79 Å². The first-order chi connectivity index (χ1) is 11.1. The SMILES string of the molecule is O=C(O)C1CNCCN(c2ncc(F)c(N3CCOCC3)n2)C1. The molecule has 0 aliphatic carbocycles. The van der Waals surface area contributed by atoms with Gasteiger partial charge in [0.25, 0.3) is 0 Å². The van der Waals surface area contributed by atoms with Gasteiger partial charge in [-0.25, -0.2) is 9.37 Å². The molecule has 1 aromatic heterocycles. The van der Waals surface area contributed by atoms with Crippen molar-refractivity contribution in [2.75, 3.05) is 62.3 Å². The molecule has 23 heavy (non-hydrogen) atoms. The molecule has 1 aromatic rings. The van der Waals surface area contributed by atoms with E-state index < -0.39 is 17.7 Å². The molecule has 9 heteroatoms. The molecule has 0 spiro atoms. The van der Waals surface area contributed by atoms with E-state index in [1.807, 2.05) is 4.90 Å². The van der Waals surface area contributed by atoms with Crippen LogP contribution in [0.15, 0.2) is 6.20 Å². The molecule has 2 aliphatic rings. The predicted molar refractivity (Wildman–Crippen MR) is 81.2 cm³/mol. The van der Waals surface area contributed by atoms with Crippen LogP contribution in [0.5, 0.6) is 0 Å². The zero-order chi connectivity index (χ0) is 16.2. The van der Waals surface area contributed by atoms with E-state index in [4.69, 9.17) is 4.74 Å². The average molecular weight is 325 g/mol. The van der Waals surface area contributed by atoms with Crippen LogP contribution in [0.1, 0.15) is 0 Å². The topological polar surface area (TPSA) is 90.8 Å². The van der Waals surface area contributed by atoms with Gasteiger partial charge in [0, 0.05) is 39.3 Å². The van der Waals surface area contributed by atoms with E-state index in [1.54, 1.807) is 4.90 Å². The van der Waals surface area contributed by atoms with Gasteiger partial charge in [-0.2, -0.15) is 4.98 Å². The van der Waals surface area contributed by atoms with E-state index in [2.05, 4.69) is 15.3 Å². The first-order valence-corrected chi connectivity index (χ1v) is 7.69. The Morgan fingerprint density at radius 3 is 2.87 bits per heavy atom. The number of hydrogen-bond donors (Lipinski definition) is 2. The average Bonchev–Trinajstić information content (AvgIpc) is 2.82. The number of carbonyl (C=O) groups is 1. The number of aliphatic carboxylic acids is 1. The van der Waals surface area contributed by atoms with E-state index in [-0.39, 0.29) is 5.82 Å². The quantitative estimate of drug-likeness (QED) is 0.773. The van der Waals surface area contributed by atoms with Crippen molar-refractivity contribution in [3.63, 3.8) is 0 Å². The lowest BCUT2D eigenvalue weighted by atomic mass is 10.1. The van der Waals surface area contributed by atoms with Crippen LogP contribution < -0.4 is 15.1 Å². The second kappa shape index (κ2) is 7.05. The molecule has 0 radical (unpaired) electrons. The van der Waals surface area contributed by atoms with Crippen molar-refractivity contribution in [3.05, 3.63) is 12.0 Å². The van der Waals surface area contributed by atoms with Crippen molar-refractivity contribution in [3.8, 4) is 0 Å². The second-order valence-corrected chi connectivity index (χ2v) is 5.63. The molecule has 1 atom stereocenters. The Kier molecular flexibility index (Phi) is 4.87. The number of aromatic nitrogens is 2. The smallest absolute Gasteiger partial charge is 0.309 e. The Bertz CT molecular complexity index is 567. The fraction of sp³-hybridized carbons (Fsp3) is 0.643. The zero-order valence-corrected chi connectivity index (χ0v) is 12.7. The van der Waals surface area contributed by atoms with Gasteiger partial charge >= 0.3 is 5.97 Å². The minimum absolute atomic E-state index is 0.252. The summed E-state index contributed by atoms with van der Waals surface area (Å²) in [6.07, 6.45) is 1.15. The summed E-state index contributed by atoms with van der Waals surface area (Å²) in [5.41, 5.74) is 0. The minimum Gasteiger partial charge on any atom is -0.481 e. The van der Waals surface area contributed by atoms with Crippen LogP contribution >= 0.6 is 0 Å². The van der Waals surface area contributed by atoms with Crippen molar-refractivity contribution >= 4 is 17.7 Å². The van der Waals surface area contributed by atoms with E-state index >= 15 is 0 Å². The van der Waals surface area contributed by atoms with Crippen molar-refractivity contribution in [2.24, 2.45) is 5.92 Å². The van der Waals surface area contributed by atoms with Crippen LogP contribution in [0.25, 0.3) is 0 Å². The monoisotopic (exact) mass is 325 g/mol. The van der Waals surface area contributed by atoms with Gasteiger partial charge in [-0.15, -0.1) is 0 Å². The zero-order valence-electron chi connectivity index (χ0n) is 12.7. The van der Waals surface area contributed by atoms with E-state index in [0.29, 0.717) is 58.4 Å². The van der Waals surface area contributed by atoms with Crippen molar-refractivity contribution in [1.82, 2.24) is 15.3 Å². The van der Waals surface area contributed by atoms with Crippen molar-refractivity contribution < 1.29 is 19.0 Å². The van der Waals surface area contributed by atoms with Crippen LogP contribution in [0, 0.1) is 11.7 Å². The number of nitrogens with one attached hydrogen (secondary N) is 1. The number of halogens is 1. The number of carboxylic acid groups (broad SMARTS) is 1. The summed E-state index contributed by atoms with van der Waals surface area (Å²) in [4.78, 5) is 23.3. The van der Waals surface area contributed by atoms with Gasteiger partial charge in [0.1, 0.15) is 0 Å². The van der Waals surface area contributed by atoms with Crippen molar-refractivity contribution in [2.45, 2.75) is 0 Å². The van der Waals surface area contributed by atoms with E-state index in [0.717, 1.165) is 6.20 Å². The molecule has 126 valence electrons. The number of hydrogen-bond acceptors (Lipinski definition) is 7. The highest BCUT2D eigenvalue weighted by molar-refractivity contribution is 5.71. The van der Waals surface area contributed by atoms with Crippen LogP contribution in [0.2, 0.25) is 0 Å². The van der Waals surface area contributed by atoms with Gasteiger partial charge in [-0.1, -0.05) is 0 Å². The molecule has 2 fully saturated rings. The van der Waals surface area contributed by atoms with Crippen molar-refractivity contribution in [1.29, 1.82) is 0 Å². The largest absolute Gasteiger partial charge is 0.481 e. The molecule has 1 unspecified atom stereocenters. The highest BCUT2D eigenvalue weighted by Gasteiger charge is 2.26. The summed E-state index contributed by atoms with van der Waals surface area (Å²) in [6.45, 7) is 4.15. The van der Waals surface area contributed by atoms with Gasteiger partial charge in [-0.05, 0) is 0 Å². The standard InChI is InChI=1S/C14H20FN5O3/c15-11-8-17-14(18-12(11)19-3-5-23-6-4-19)20-2-1-16-7-10(9-20)13(21)22/h8,10,16H,1-7,9H2,(H,21,22). The number of ether oxygens (including phenoxy) is 1. The molecule has 0 bridgehead atoms. The maximum atomic E-state index is 14.1. The molecule has 3 heterocycles. The lowest BCUT2D eigenvalue weighted by Gasteiger charge is -2.29. The molecule has 2 saturated heterocycles. The van der Waals surface area contributed by atoms with Gasteiger partial charge in [0.15, 0.2) is 11.6 Å². The Balaban J connectivity index is 1.82. The fourth-order valence-corrected chi connectivity index (χ4v) is 2.76. The minimum atomic E-state index is -0.861. The summed E-state index contributed by atoms with van der Waals surface area (Å²) in [5, 5.41) is 12.3. The molecule has 8 nitrogen and oxygen atoms in total. The van der Waals surface area contributed by atoms with Crippen LogP contribution in [-0.2, 0) is 9.53 Å². The molecule has 3 rings (SSSR count). The Hall–Kier alpha value is -2.00. The number of anilines is 2. The lowest BCUT2D eigenvalue weighted by Crippen LogP contribution is -2.38. The second-order valence-electron chi connectivity index (χ2n) is 5.63. The third kappa shape index (κ3) is 3.67. The Morgan fingerprint density at radius 2 is 2.13 bits per heavy atom. The highest BCUT2D eigenvalue weighted by Crippen LogP contribution is 2.21. The normalized spacial score (nSPS) is 22.7. The first-order valence-electron chi connectivity index (χ1n) is 7.69. The Labute approximate surface area is 133 Å². The molecular formula is C14H20FN5O3.